The van der Waals surface area contributed by atoms with Gasteiger partial charge in [-0.25, -0.2) is 4.90 Å². The monoisotopic (exact) mass is 397 g/mol. The predicted octanol–water partition coefficient (Wildman–Crippen LogP) is 3.90. The fourth-order valence-electron chi connectivity index (χ4n) is 3.61. The zero-order valence-corrected chi connectivity index (χ0v) is 16.7. The van der Waals surface area contributed by atoms with Crippen LogP contribution >= 0.6 is 0 Å². The van der Waals surface area contributed by atoms with E-state index in [1.165, 1.54) is 4.90 Å². The molecule has 4 N–H and O–H groups in total. The van der Waals surface area contributed by atoms with E-state index in [0.29, 0.717) is 16.8 Å². The van der Waals surface area contributed by atoms with Crippen LogP contribution in [0.25, 0.3) is 10.8 Å². The quantitative estimate of drug-likeness (QED) is 0.518. The smallest absolute Gasteiger partial charge is 0.265 e. The van der Waals surface area contributed by atoms with Gasteiger partial charge in [0, 0.05) is 22.9 Å². The van der Waals surface area contributed by atoms with Gasteiger partial charge in [0.2, 0.25) is 0 Å². The summed E-state index contributed by atoms with van der Waals surface area (Å²) in [6.07, 6.45) is 3.59. The van der Waals surface area contributed by atoms with Crippen molar-refractivity contribution in [2.45, 2.75) is 19.0 Å². The molecular formula is C25H23N3O2. The molecule has 0 bridgehead atoms. The second-order valence-electron chi connectivity index (χ2n) is 7.57. The van der Waals surface area contributed by atoms with Crippen molar-refractivity contribution in [1.29, 1.82) is 0 Å². The van der Waals surface area contributed by atoms with Crippen LogP contribution in [0.15, 0.2) is 96.1 Å². The third-order valence-electron chi connectivity index (χ3n) is 5.46. The van der Waals surface area contributed by atoms with Gasteiger partial charge in [-0.2, -0.15) is 0 Å². The van der Waals surface area contributed by atoms with E-state index >= 15 is 0 Å². The third-order valence-corrected chi connectivity index (χ3v) is 5.46. The molecule has 0 spiro atoms. The van der Waals surface area contributed by atoms with Gasteiger partial charge in [-0.15, -0.1) is 0 Å². The van der Waals surface area contributed by atoms with Crippen molar-refractivity contribution in [2.75, 3.05) is 4.90 Å². The lowest BCUT2D eigenvalue weighted by Crippen LogP contribution is -2.53. The number of nitrogens with two attached hydrogens (primary N) is 2. The third kappa shape index (κ3) is 3.56. The number of amides is 2. The van der Waals surface area contributed by atoms with E-state index in [4.69, 9.17) is 11.5 Å². The molecule has 1 aliphatic carbocycles. The Hall–Kier alpha value is -3.54. The Kier molecular flexibility index (Phi) is 5.08. The standard InChI is InChI=1S/C25H23N3O2/c1-17-14-15-20(16-25(17,26)27)24(30)28(23(29)19-9-3-2-4-10-19)22-13-7-11-18-8-5-6-12-21(18)22/h2-15H,16,26-27H2,1H3. The molecule has 0 radical (unpaired) electrons. The second-order valence-corrected chi connectivity index (χ2v) is 7.57. The molecule has 0 aromatic heterocycles. The Morgan fingerprint density at radius 2 is 1.50 bits per heavy atom. The van der Waals surface area contributed by atoms with Gasteiger partial charge in [0.15, 0.2) is 0 Å². The number of benzene rings is 3. The molecular weight excluding hydrogens is 374 g/mol. The molecule has 0 fully saturated rings. The summed E-state index contributed by atoms with van der Waals surface area (Å²) in [6, 6.07) is 22.0. The molecule has 30 heavy (non-hydrogen) atoms. The second kappa shape index (κ2) is 7.71. The van der Waals surface area contributed by atoms with Gasteiger partial charge in [-0.3, -0.25) is 9.59 Å². The van der Waals surface area contributed by atoms with E-state index in [-0.39, 0.29) is 6.42 Å². The number of carbonyl (C=O) groups is 2. The first kappa shape index (κ1) is 19.8. The van der Waals surface area contributed by atoms with Gasteiger partial charge in [-0.1, -0.05) is 66.7 Å². The van der Waals surface area contributed by atoms with Gasteiger partial charge in [-0.05, 0) is 36.1 Å². The number of fused-ring (bicyclic) bond motifs is 1. The van der Waals surface area contributed by atoms with Gasteiger partial charge in [0.25, 0.3) is 11.8 Å². The predicted molar refractivity (Wildman–Crippen MR) is 120 cm³/mol. The molecule has 5 heteroatoms. The molecule has 3 aromatic rings. The Morgan fingerprint density at radius 1 is 0.833 bits per heavy atom. The molecule has 150 valence electrons. The number of imide groups is 1. The highest BCUT2D eigenvalue weighted by molar-refractivity contribution is 6.28. The zero-order valence-electron chi connectivity index (χ0n) is 16.7. The topological polar surface area (TPSA) is 89.4 Å². The maximum absolute atomic E-state index is 13.6. The number of allylic oxidation sites excluding steroid dienone is 2. The highest BCUT2D eigenvalue weighted by Gasteiger charge is 2.34. The lowest BCUT2D eigenvalue weighted by molar-refractivity contribution is -0.114. The lowest BCUT2D eigenvalue weighted by atomic mass is 9.88. The molecule has 3 aromatic carbocycles. The van der Waals surface area contributed by atoms with Crippen LogP contribution in [-0.2, 0) is 4.79 Å². The molecule has 2 amide bonds. The first-order chi connectivity index (χ1) is 14.4. The molecule has 4 rings (SSSR count). The molecule has 0 heterocycles. The van der Waals surface area contributed by atoms with Gasteiger partial charge in [0.05, 0.1) is 11.4 Å². The van der Waals surface area contributed by atoms with Crippen LogP contribution in [0.2, 0.25) is 0 Å². The molecule has 0 atom stereocenters. The van der Waals surface area contributed by atoms with Crippen LogP contribution in [0.5, 0.6) is 0 Å². The fraction of sp³-hybridized carbons (Fsp3) is 0.120. The zero-order chi connectivity index (χ0) is 21.3. The molecule has 0 saturated carbocycles. The summed E-state index contributed by atoms with van der Waals surface area (Å²) in [6.45, 7) is 1.83. The molecule has 0 aliphatic heterocycles. The highest BCUT2D eigenvalue weighted by atomic mass is 16.2. The van der Waals surface area contributed by atoms with Gasteiger partial charge in [0.1, 0.15) is 0 Å². The summed E-state index contributed by atoms with van der Waals surface area (Å²) in [5, 5.41) is 1.75. The van der Waals surface area contributed by atoms with Crippen molar-refractivity contribution in [1.82, 2.24) is 0 Å². The largest absolute Gasteiger partial charge is 0.310 e. The number of anilines is 1. The minimum absolute atomic E-state index is 0.150. The number of rotatable bonds is 3. The maximum atomic E-state index is 13.6. The number of hydrogen-bond acceptors (Lipinski definition) is 4. The van der Waals surface area contributed by atoms with E-state index in [2.05, 4.69) is 0 Å². The van der Waals surface area contributed by atoms with Crippen molar-refractivity contribution in [3.8, 4) is 0 Å². The average Bonchev–Trinajstić information content (AvgIpc) is 2.76. The minimum Gasteiger partial charge on any atom is -0.310 e. The van der Waals surface area contributed by atoms with E-state index in [9.17, 15) is 9.59 Å². The van der Waals surface area contributed by atoms with Crippen molar-refractivity contribution in [3.05, 3.63) is 102 Å². The SMILES string of the molecule is CC1=CC=C(C(=O)N(C(=O)c2ccccc2)c2cccc3ccccc23)CC1(N)N. The highest BCUT2D eigenvalue weighted by Crippen LogP contribution is 2.31. The molecule has 0 saturated heterocycles. The number of carbonyl (C=O) groups excluding carboxylic acids is 2. The summed E-state index contributed by atoms with van der Waals surface area (Å²) >= 11 is 0. The van der Waals surface area contributed by atoms with Crippen LogP contribution in [0, 0.1) is 0 Å². The van der Waals surface area contributed by atoms with Crippen LogP contribution in [0.1, 0.15) is 23.7 Å². The number of hydrogen-bond donors (Lipinski definition) is 2. The Morgan fingerprint density at radius 3 is 2.23 bits per heavy atom. The molecule has 1 aliphatic rings. The van der Waals surface area contributed by atoms with Gasteiger partial charge < -0.3 is 11.5 Å². The van der Waals surface area contributed by atoms with Gasteiger partial charge >= 0.3 is 0 Å². The van der Waals surface area contributed by atoms with E-state index < -0.39 is 17.5 Å². The van der Waals surface area contributed by atoms with Crippen molar-refractivity contribution >= 4 is 28.3 Å². The average molecular weight is 397 g/mol. The maximum Gasteiger partial charge on any atom is 0.265 e. The van der Waals surface area contributed by atoms with Crippen molar-refractivity contribution < 1.29 is 9.59 Å². The summed E-state index contributed by atoms with van der Waals surface area (Å²) in [5.41, 5.74) is 13.4. The fourth-order valence-corrected chi connectivity index (χ4v) is 3.61. The minimum atomic E-state index is -1.13. The first-order valence-electron chi connectivity index (χ1n) is 9.76. The Labute approximate surface area is 175 Å². The normalized spacial score (nSPS) is 15.3. The van der Waals surface area contributed by atoms with Crippen LogP contribution < -0.4 is 16.4 Å². The first-order valence-corrected chi connectivity index (χ1v) is 9.76. The van der Waals surface area contributed by atoms with E-state index in [1.807, 2.05) is 49.4 Å². The molecule has 5 nitrogen and oxygen atoms in total. The summed E-state index contributed by atoms with van der Waals surface area (Å²) in [7, 11) is 0. The van der Waals surface area contributed by atoms with E-state index in [0.717, 1.165) is 16.3 Å². The lowest BCUT2D eigenvalue weighted by Gasteiger charge is -2.31. The van der Waals surface area contributed by atoms with Crippen LogP contribution in [0.4, 0.5) is 5.69 Å². The van der Waals surface area contributed by atoms with Crippen molar-refractivity contribution in [3.63, 3.8) is 0 Å². The Balaban J connectivity index is 1.87. The van der Waals surface area contributed by atoms with Crippen LogP contribution in [-0.4, -0.2) is 17.5 Å². The van der Waals surface area contributed by atoms with Crippen LogP contribution in [0.3, 0.4) is 0 Å². The summed E-state index contributed by atoms with van der Waals surface area (Å²) in [5.74, 6) is -0.826. The Bertz CT molecular complexity index is 1190. The summed E-state index contributed by atoms with van der Waals surface area (Å²) < 4.78 is 0. The van der Waals surface area contributed by atoms with Crippen molar-refractivity contribution in [2.24, 2.45) is 11.5 Å². The number of nitrogens with zero attached hydrogens (tertiary/aromatic N) is 1. The molecule has 0 unspecified atom stereocenters. The summed E-state index contributed by atoms with van der Waals surface area (Å²) in [4.78, 5) is 28.4. The van der Waals surface area contributed by atoms with E-state index in [1.54, 1.807) is 42.5 Å².